The van der Waals surface area contributed by atoms with Crippen LogP contribution >= 0.6 is 0 Å². The molecule has 1 aliphatic rings. The molecule has 0 spiro atoms. The first-order valence-electron chi connectivity index (χ1n) is 9.94. The Morgan fingerprint density at radius 3 is 1.88 bits per heavy atom. The number of aryl methyl sites for hydroxylation is 1. The van der Waals surface area contributed by atoms with Crippen LogP contribution in [0, 0.1) is 5.92 Å². The van der Waals surface area contributed by atoms with Crippen LogP contribution in [0.3, 0.4) is 0 Å². The topological polar surface area (TPSA) is 26.3 Å². The molecule has 0 heterocycles. The van der Waals surface area contributed by atoms with E-state index in [0.29, 0.717) is 0 Å². The smallest absolute Gasteiger partial charge is 0.127 e. The van der Waals surface area contributed by atoms with E-state index < -0.39 is 0 Å². The summed E-state index contributed by atoms with van der Waals surface area (Å²) in [5.74, 6) is 3.57. The van der Waals surface area contributed by atoms with Gasteiger partial charge < -0.3 is 9.53 Å². The maximum atomic E-state index is 8.00. The molecule has 0 aliphatic heterocycles. The van der Waals surface area contributed by atoms with Gasteiger partial charge in [-0.25, -0.2) is 0 Å². The first-order valence-corrected chi connectivity index (χ1v) is 9.94. The molecule has 0 radical (unpaired) electrons. The molecule has 1 saturated carbocycles. The highest BCUT2D eigenvalue weighted by Gasteiger charge is 2.21. The first-order chi connectivity index (χ1) is 12.8. The van der Waals surface area contributed by atoms with Gasteiger partial charge in [-0.3, -0.25) is 0 Å². The van der Waals surface area contributed by atoms with E-state index >= 15 is 0 Å². The first kappa shape index (κ1) is 20.2. The molecule has 3 rings (SSSR count). The number of hydrogen-bond donors (Lipinski definition) is 0. The highest BCUT2D eigenvalue weighted by molar-refractivity contribution is 5.35. The van der Waals surface area contributed by atoms with Gasteiger partial charge >= 0.3 is 0 Å². The van der Waals surface area contributed by atoms with Crippen LogP contribution in [0.2, 0.25) is 0 Å². The van der Waals surface area contributed by atoms with Gasteiger partial charge in [0.2, 0.25) is 0 Å². The Hall–Kier alpha value is -2.09. The van der Waals surface area contributed by atoms with Crippen molar-refractivity contribution in [2.75, 3.05) is 0 Å². The minimum Gasteiger partial charge on any atom is -0.457 e. The molecule has 26 heavy (non-hydrogen) atoms. The van der Waals surface area contributed by atoms with Gasteiger partial charge in [0.05, 0.1) is 0 Å². The van der Waals surface area contributed by atoms with E-state index in [4.69, 9.17) is 9.53 Å². The predicted octanol–water partition coefficient (Wildman–Crippen LogP) is 6.93. The lowest BCUT2D eigenvalue weighted by Gasteiger charge is -2.28. The highest BCUT2D eigenvalue weighted by atomic mass is 16.5. The van der Waals surface area contributed by atoms with Gasteiger partial charge in [-0.1, -0.05) is 51.0 Å². The Kier molecular flexibility index (Phi) is 8.40. The summed E-state index contributed by atoms with van der Waals surface area (Å²) in [4.78, 5) is 8.00. The maximum Gasteiger partial charge on any atom is 0.127 e. The van der Waals surface area contributed by atoms with E-state index in [1.807, 2.05) is 6.79 Å². The molecule has 0 atom stereocenters. The molecule has 0 N–H and O–H groups in total. The van der Waals surface area contributed by atoms with E-state index in [0.717, 1.165) is 29.8 Å². The number of carbonyl (C=O) groups excluding carboxylic acids is 1. The van der Waals surface area contributed by atoms with E-state index in [2.05, 4.69) is 62.4 Å². The van der Waals surface area contributed by atoms with Gasteiger partial charge in [-0.15, -0.1) is 0 Å². The number of benzene rings is 2. The Morgan fingerprint density at radius 2 is 1.38 bits per heavy atom. The van der Waals surface area contributed by atoms with Gasteiger partial charge in [0.1, 0.15) is 18.3 Å². The van der Waals surface area contributed by atoms with Crippen LogP contribution in [0.5, 0.6) is 11.5 Å². The summed E-state index contributed by atoms with van der Waals surface area (Å²) in [6.45, 7) is 6.48. The molecule has 0 unspecified atom stereocenters. The van der Waals surface area contributed by atoms with Crippen LogP contribution in [0.1, 0.15) is 69.4 Å². The fourth-order valence-corrected chi connectivity index (χ4v) is 3.93. The van der Waals surface area contributed by atoms with Crippen molar-refractivity contribution < 1.29 is 9.53 Å². The molecule has 0 amide bonds. The van der Waals surface area contributed by atoms with E-state index in [1.165, 1.54) is 49.7 Å². The second-order valence-electron chi connectivity index (χ2n) is 7.17. The molecular weight excluding hydrogens is 320 g/mol. The van der Waals surface area contributed by atoms with Gasteiger partial charge in [0.15, 0.2) is 0 Å². The molecule has 0 bridgehead atoms. The summed E-state index contributed by atoms with van der Waals surface area (Å²) in [6.07, 6.45) is 9.32. The zero-order valence-corrected chi connectivity index (χ0v) is 16.2. The summed E-state index contributed by atoms with van der Waals surface area (Å²) in [5, 5.41) is 0. The monoisotopic (exact) mass is 352 g/mol. The molecule has 1 fully saturated rings. The number of ether oxygens (including phenoxy) is 1. The minimum absolute atomic E-state index is 0.746. The van der Waals surface area contributed by atoms with Crippen molar-refractivity contribution in [3.8, 4) is 11.5 Å². The standard InChI is InChI=1S/C23H30O.CH2O/c1-3-5-19-6-10-20(11-7-19)21-12-16-23(17-13-21)24-22-14-8-18(4-2)9-15-22;1-2/h8-9,12-17,19-20H,3-7,10-11H2,1-2H3;1H2. The molecule has 1 aliphatic carbocycles. The van der Waals surface area contributed by atoms with Crippen molar-refractivity contribution in [2.24, 2.45) is 5.92 Å². The van der Waals surface area contributed by atoms with Crippen LogP contribution in [0.4, 0.5) is 0 Å². The molecular formula is C24H32O2. The van der Waals surface area contributed by atoms with Crippen molar-refractivity contribution >= 4 is 6.79 Å². The molecule has 0 aromatic heterocycles. The Morgan fingerprint density at radius 1 is 0.846 bits per heavy atom. The molecule has 0 saturated heterocycles. The molecule has 2 heteroatoms. The Balaban J connectivity index is 0.00000117. The van der Waals surface area contributed by atoms with E-state index in [1.54, 1.807) is 0 Å². The Bertz CT molecular complexity index is 622. The number of rotatable bonds is 6. The minimum atomic E-state index is 0.746. The van der Waals surface area contributed by atoms with Crippen LogP contribution < -0.4 is 4.74 Å². The summed E-state index contributed by atoms with van der Waals surface area (Å²) in [5.41, 5.74) is 2.83. The summed E-state index contributed by atoms with van der Waals surface area (Å²) >= 11 is 0. The van der Waals surface area contributed by atoms with Crippen LogP contribution in [0.25, 0.3) is 0 Å². The lowest BCUT2D eigenvalue weighted by molar-refractivity contribution is -0.0979. The summed E-state index contributed by atoms with van der Waals surface area (Å²) in [6, 6.07) is 17.2. The average Bonchev–Trinajstić information content (AvgIpc) is 2.72. The van der Waals surface area contributed by atoms with Crippen LogP contribution in [0.15, 0.2) is 48.5 Å². The van der Waals surface area contributed by atoms with Crippen molar-refractivity contribution in [1.29, 1.82) is 0 Å². The van der Waals surface area contributed by atoms with E-state index in [-0.39, 0.29) is 0 Å². The average molecular weight is 353 g/mol. The maximum absolute atomic E-state index is 8.00. The second kappa shape index (κ2) is 10.8. The summed E-state index contributed by atoms with van der Waals surface area (Å²) in [7, 11) is 0. The van der Waals surface area contributed by atoms with Crippen LogP contribution in [-0.4, -0.2) is 6.79 Å². The molecule has 2 nitrogen and oxygen atoms in total. The normalized spacial score (nSPS) is 19.3. The van der Waals surface area contributed by atoms with Gasteiger partial charge in [0.25, 0.3) is 0 Å². The number of carbonyl (C=O) groups is 1. The fraction of sp³-hybridized carbons (Fsp3) is 0.458. The second-order valence-corrected chi connectivity index (χ2v) is 7.17. The SMILES string of the molecule is C=O.CCCC1CCC(c2ccc(Oc3ccc(CC)cc3)cc2)CC1. The van der Waals surface area contributed by atoms with Gasteiger partial charge in [0, 0.05) is 0 Å². The third-order valence-electron chi connectivity index (χ3n) is 5.46. The van der Waals surface area contributed by atoms with E-state index in [9.17, 15) is 0 Å². The fourth-order valence-electron chi connectivity index (χ4n) is 3.93. The zero-order valence-electron chi connectivity index (χ0n) is 16.2. The summed E-state index contributed by atoms with van der Waals surface area (Å²) < 4.78 is 5.97. The Labute approximate surface area is 158 Å². The van der Waals surface area contributed by atoms with Crippen molar-refractivity contribution in [3.05, 3.63) is 59.7 Å². The van der Waals surface area contributed by atoms with Crippen molar-refractivity contribution in [3.63, 3.8) is 0 Å². The highest BCUT2D eigenvalue weighted by Crippen LogP contribution is 2.38. The molecule has 140 valence electrons. The van der Waals surface area contributed by atoms with Gasteiger partial charge in [-0.05, 0) is 79.3 Å². The molecule has 2 aromatic rings. The van der Waals surface area contributed by atoms with Crippen molar-refractivity contribution in [2.45, 2.75) is 64.7 Å². The third-order valence-corrected chi connectivity index (χ3v) is 5.46. The quantitative estimate of drug-likeness (QED) is 0.563. The van der Waals surface area contributed by atoms with Crippen LogP contribution in [-0.2, 0) is 11.2 Å². The zero-order chi connectivity index (χ0) is 18.8. The molecule has 2 aromatic carbocycles. The largest absolute Gasteiger partial charge is 0.457 e. The lowest BCUT2D eigenvalue weighted by Crippen LogP contribution is -2.13. The van der Waals surface area contributed by atoms with Gasteiger partial charge in [-0.2, -0.15) is 0 Å². The predicted molar refractivity (Wildman–Crippen MR) is 109 cm³/mol. The number of hydrogen-bond acceptors (Lipinski definition) is 2. The van der Waals surface area contributed by atoms with Crippen molar-refractivity contribution in [1.82, 2.24) is 0 Å². The third kappa shape index (κ3) is 5.72. The lowest BCUT2D eigenvalue weighted by atomic mass is 9.77.